The highest BCUT2D eigenvalue weighted by atomic mass is 35.5. The lowest BCUT2D eigenvalue weighted by atomic mass is 10.1. The van der Waals surface area contributed by atoms with Crippen molar-refractivity contribution >= 4 is 50.7 Å². The predicted octanol–water partition coefficient (Wildman–Crippen LogP) is 6.06. The number of carbonyl (C=O) groups is 2. The molecule has 1 N–H and O–H groups in total. The molecule has 1 aliphatic rings. The molecule has 1 aliphatic carbocycles. The van der Waals surface area contributed by atoms with E-state index in [2.05, 4.69) is 5.32 Å². The summed E-state index contributed by atoms with van der Waals surface area (Å²) >= 11 is 12.6. The third-order valence-electron chi connectivity index (χ3n) is 7.36. The van der Waals surface area contributed by atoms with Crippen LogP contribution in [0.15, 0.2) is 77.7 Å². The van der Waals surface area contributed by atoms with Crippen LogP contribution in [0.1, 0.15) is 44.6 Å². The fraction of sp³-hybridized carbons (Fsp3) is 0.355. The molecule has 0 bridgehead atoms. The van der Waals surface area contributed by atoms with Crippen molar-refractivity contribution in [3.63, 3.8) is 0 Å². The summed E-state index contributed by atoms with van der Waals surface area (Å²) in [4.78, 5) is 29.2. The number of anilines is 1. The quantitative estimate of drug-likeness (QED) is 0.262. The van der Waals surface area contributed by atoms with Gasteiger partial charge in [-0.1, -0.05) is 73.3 Å². The Morgan fingerprint density at radius 3 is 2.36 bits per heavy atom. The molecule has 11 heteroatoms. The Balaban J connectivity index is 1.74. The van der Waals surface area contributed by atoms with E-state index < -0.39 is 28.5 Å². The fourth-order valence-corrected chi connectivity index (χ4v) is 7.19. The van der Waals surface area contributed by atoms with Gasteiger partial charge in [0.05, 0.1) is 22.7 Å². The van der Waals surface area contributed by atoms with Gasteiger partial charge in [-0.15, -0.1) is 0 Å². The second kappa shape index (κ2) is 14.3. The fourth-order valence-electron chi connectivity index (χ4n) is 5.17. The maximum absolute atomic E-state index is 14.2. The molecular weight excluding hydrogens is 597 g/mol. The van der Waals surface area contributed by atoms with Crippen molar-refractivity contribution in [2.24, 2.45) is 0 Å². The van der Waals surface area contributed by atoms with Crippen LogP contribution in [0.2, 0.25) is 10.0 Å². The van der Waals surface area contributed by atoms with Crippen LogP contribution in [-0.2, 0) is 26.2 Å². The summed E-state index contributed by atoms with van der Waals surface area (Å²) in [6.07, 6.45) is 4.21. The van der Waals surface area contributed by atoms with E-state index in [1.807, 2.05) is 13.0 Å². The molecule has 1 unspecified atom stereocenters. The third kappa shape index (κ3) is 7.56. The highest BCUT2D eigenvalue weighted by molar-refractivity contribution is 7.92. The van der Waals surface area contributed by atoms with Crippen LogP contribution in [0.4, 0.5) is 5.69 Å². The van der Waals surface area contributed by atoms with Gasteiger partial charge in [0.1, 0.15) is 18.3 Å². The first-order valence-electron chi connectivity index (χ1n) is 13.9. The topological polar surface area (TPSA) is 96.0 Å². The first-order chi connectivity index (χ1) is 20.1. The number of halogens is 2. The molecule has 224 valence electrons. The smallest absolute Gasteiger partial charge is 0.264 e. The molecule has 1 fully saturated rings. The zero-order valence-electron chi connectivity index (χ0n) is 23.6. The molecule has 3 aromatic carbocycles. The van der Waals surface area contributed by atoms with E-state index in [1.54, 1.807) is 43.5 Å². The summed E-state index contributed by atoms with van der Waals surface area (Å²) in [5.41, 5.74) is 0.833. The maximum atomic E-state index is 14.2. The van der Waals surface area contributed by atoms with Gasteiger partial charge in [0.2, 0.25) is 11.8 Å². The molecule has 0 aliphatic heterocycles. The lowest BCUT2D eigenvalue weighted by molar-refractivity contribution is -0.140. The summed E-state index contributed by atoms with van der Waals surface area (Å²) in [5.74, 6) is -0.219. The zero-order valence-corrected chi connectivity index (χ0v) is 26.0. The van der Waals surface area contributed by atoms with Crippen molar-refractivity contribution in [3.8, 4) is 5.75 Å². The van der Waals surface area contributed by atoms with E-state index in [4.69, 9.17) is 27.9 Å². The minimum atomic E-state index is -4.24. The maximum Gasteiger partial charge on any atom is 0.264 e. The number of amides is 2. The summed E-state index contributed by atoms with van der Waals surface area (Å²) in [6.45, 7) is 1.31. The molecule has 42 heavy (non-hydrogen) atoms. The number of sulfonamides is 1. The number of methoxy groups -OCH3 is 1. The Labute approximate surface area is 257 Å². The Bertz CT molecular complexity index is 1500. The molecule has 0 heterocycles. The number of rotatable bonds is 12. The van der Waals surface area contributed by atoms with Crippen LogP contribution >= 0.6 is 23.2 Å². The van der Waals surface area contributed by atoms with Crippen LogP contribution in [0.5, 0.6) is 5.75 Å². The standard InChI is InChI=1S/C31H35Cl2N3O5S/c1-3-28(31(38)34-24-11-7-8-12-24)35(20-22-10-9-13-25(18-22)41-2)30(37)21-36(29-17-16-23(32)19-27(29)33)42(39,40)26-14-5-4-6-15-26/h4-6,9-10,13-19,24,28H,3,7-8,11-12,20-21H2,1-2H3,(H,34,38). The lowest BCUT2D eigenvalue weighted by Crippen LogP contribution is -2.53. The van der Waals surface area contributed by atoms with Gasteiger partial charge in [-0.05, 0) is 67.3 Å². The second-order valence-corrected chi connectivity index (χ2v) is 12.9. The van der Waals surface area contributed by atoms with Crippen LogP contribution in [-0.4, -0.2) is 50.9 Å². The Kier molecular flexibility index (Phi) is 10.8. The average molecular weight is 633 g/mol. The van der Waals surface area contributed by atoms with Crippen LogP contribution in [0, 0.1) is 0 Å². The molecule has 4 rings (SSSR count). The normalized spacial score (nSPS) is 14.3. The first kappa shape index (κ1) is 31.7. The van der Waals surface area contributed by atoms with Crippen molar-refractivity contribution in [1.82, 2.24) is 10.2 Å². The van der Waals surface area contributed by atoms with E-state index >= 15 is 0 Å². The summed E-state index contributed by atoms with van der Waals surface area (Å²) in [5, 5.41) is 3.50. The number of carbonyl (C=O) groups excluding carboxylic acids is 2. The van der Waals surface area contributed by atoms with Gasteiger partial charge in [-0.25, -0.2) is 8.42 Å². The Morgan fingerprint density at radius 1 is 1.00 bits per heavy atom. The van der Waals surface area contributed by atoms with Gasteiger partial charge < -0.3 is 15.0 Å². The van der Waals surface area contributed by atoms with E-state index in [1.165, 1.54) is 35.2 Å². The van der Waals surface area contributed by atoms with E-state index in [-0.39, 0.29) is 34.1 Å². The average Bonchev–Trinajstić information content (AvgIpc) is 3.49. The van der Waals surface area contributed by atoms with Gasteiger partial charge in [0, 0.05) is 17.6 Å². The molecule has 8 nitrogen and oxygen atoms in total. The van der Waals surface area contributed by atoms with E-state index in [0.717, 1.165) is 35.6 Å². The highest BCUT2D eigenvalue weighted by Crippen LogP contribution is 2.33. The lowest BCUT2D eigenvalue weighted by Gasteiger charge is -2.34. The second-order valence-electron chi connectivity index (χ2n) is 10.2. The molecule has 0 saturated heterocycles. The molecule has 3 aromatic rings. The number of nitrogens with one attached hydrogen (secondary N) is 1. The van der Waals surface area contributed by atoms with Gasteiger partial charge in [-0.3, -0.25) is 13.9 Å². The van der Waals surface area contributed by atoms with E-state index in [9.17, 15) is 18.0 Å². The molecule has 2 amide bonds. The Morgan fingerprint density at radius 2 is 1.71 bits per heavy atom. The van der Waals surface area contributed by atoms with Crippen molar-refractivity contribution in [1.29, 1.82) is 0 Å². The van der Waals surface area contributed by atoms with Gasteiger partial charge in [-0.2, -0.15) is 0 Å². The van der Waals surface area contributed by atoms with Crippen LogP contribution in [0.25, 0.3) is 0 Å². The van der Waals surface area contributed by atoms with Gasteiger partial charge >= 0.3 is 0 Å². The number of ether oxygens (including phenoxy) is 1. The molecule has 1 saturated carbocycles. The molecule has 1 atom stereocenters. The third-order valence-corrected chi connectivity index (χ3v) is 9.67. The molecule has 0 radical (unpaired) electrons. The van der Waals surface area contributed by atoms with Crippen LogP contribution in [0.3, 0.4) is 0 Å². The predicted molar refractivity (Wildman–Crippen MR) is 165 cm³/mol. The first-order valence-corrected chi connectivity index (χ1v) is 16.1. The van der Waals surface area contributed by atoms with Gasteiger partial charge in [0.25, 0.3) is 10.0 Å². The molecular formula is C31H35Cl2N3O5S. The van der Waals surface area contributed by atoms with Crippen molar-refractivity contribution < 1.29 is 22.7 Å². The monoisotopic (exact) mass is 631 g/mol. The summed E-state index contributed by atoms with van der Waals surface area (Å²) in [7, 11) is -2.69. The highest BCUT2D eigenvalue weighted by Gasteiger charge is 2.35. The van der Waals surface area contributed by atoms with Crippen molar-refractivity contribution in [2.45, 2.75) is 62.6 Å². The SMILES string of the molecule is CCC(C(=O)NC1CCCC1)N(Cc1cccc(OC)c1)C(=O)CN(c1ccc(Cl)cc1Cl)S(=O)(=O)c1ccccc1. The number of benzene rings is 3. The summed E-state index contributed by atoms with van der Waals surface area (Å²) in [6, 6.07) is 18.7. The van der Waals surface area contributed by atoms with Gasteiger partial charge in [0.15, 0.2) is 0 Å². The van der Waals surface area contributed by atoms with Crippen molar-refractivity contribution in [2.75, 3.05) is 18.0 Å². The number of nitrogens with zero attached hydrogens (tertiary/aromatic N) is 2. The minimum absolute atomic E-state index is 0.00539. The number of hydrogen-bond donors (Lipinski definition) is 1. The minimum Gasteiger partial charge on any atom is -0.497 e. The Hall–Kier alpha value is -3.27. The van der Waals surface area contributed by atoms with Crippen molar-refractivity contribution in [3.05, 3.63) is 88.4 Å². The van der Waals surface area contributed by atoms with Crippen LogP contribution < -0.4 is 14.4 Å². The van der Waals surface area contributed by atoms with E-state index in [0.29, 0.717) is 17.2 Å². The summed E-state index contributed by atoms with van der Waals surface area (Å²) < 4.78 is 34.2. The number of hydrogen-bond acceptors (Lipinski definition) is 5. The molecule has 0 aromatic heterocycles. The molecule has 0 spiro atoms. The zero-order chi connectivity index (χ0) is 30.3. The largest absolute Gasteiger partial charge is 0.497 e.